The summed E-state index contributed by atoms with van der Waals surface area (Å²) in [4.78, 5) is 1.75. The van der Waals surface area contributed by atoms with Gasteiger partial charge in [0, 0.05) is 16.4 Å². The van der Waals surface area contributed by atoms with Crippen LogP contribution < -0.4 is 5.73 Å². The van der Waals surface area contributed by atoms with Crippen molar-refractivity contribution in [3.8, 4) is 16.5 Å². The van der Waals surface area contributed by atoms with Crippen LogP contribution in [0, 0.1) is 11.3 Å². The lowest BCUT2D eigenvalue weighted by Gasteiger charge is -2.03. The summed E-state index contributed by atoms with van der Waals surface area (Å²) in [5.41, 5.74) is 7.49. The Kier molecular flexibility index (Phi) is 3.25. The van der Waals surface area contributed by atoms with E-state index in [1.54, 1.807) is 0 Å². The molecule has 0 spiro atoms. The maximum atomic E-state index is 8.75. The Bertz CT molecular complexity index is 554. The van der Waals surface area contributed by atoms with Crippen LogP contribution in [0.15, 0.2) is 30.3 Å². The Hall–Kier alpha value is -1.34. The molecule has 2 nitrogen and oxygen atoms in total. The van der Waals surface area contributed by atoms with E-state index in [1.807, 2.05) is 30.3 Å². The molecule has 0 aliphatic carbocycles. The molecule has 1 aromatic carbocycles. The van der Waals surface area contributed by atoms with E-state index in [4.69, 9.17) is 22.6 Å². The molecule has 0 aliphatic heterocycles. The number of nitrogens with two attached hydrogens (primary N) is 1. The molecule has 0 radical (unpaired) electrons. The first-order chi connectivity index (χ1) is 7.74. The van der Waals surface area contributed by atoms with E-state index >= 15 is 0 Å². The van der Waals surface area contributed by atoms with Crippen LogP contribution in [-0.2, 0) is 6.54 Å². The first-order valence-corrected chi connectivity index (χ1v) is 5.93. The molecule has 2 rings (SSSR count). The molecule has 0 fully saturated rings. The maximum absolute atomic E-state index is 8.75. The van der Waals surface area contributed by atoms with Gasteiger partial charge in [-0.2, -0.15) is 5.26 Å². The fraction of sp³-hybridized carbons (Fsp3) is 0.0833. The molecule has 1 heterocycles. The number of nitrogens with zero attached hydrogens (tertiary/aromatic N) is 1. The van der Waals surface area contributed by atoms with Crippen LogP contribution in [0.5, 0.6) is 0 Å². The second kappa shape index (κ2) is 4.67. The van der Waals surface area contributed by atoms with Gasteiger partial charge in [-0.25, -0.2) is 0 Å². The third kappa shape index (κ3) is 2.10. The number of rotatable bonds is 2. The first-order valence-electron chi connectivity index (χ1n) is 4.73. The van der Waals surface area contributed by atoms with E-state index < -0.39 is 0 Å². The third-order valence-corrected chi connectivity index (χ3v) is 3.66. The minimum atomic E-state index is 0.437. The minimum Gasteiger partial charge on any atom is -0.326 e. The lowest BCUT2D eigenvalue weighted by Crippen LogP contribution is -1.96. The van der Waals surface area contributed by atoms with Gasteiger partial charge in [0.25, 0.3) is 0 Å². The molecule has 4 heteroatoms. The van der Waals surface area contributed by atoms with Gasteiger partial charge >= 0.3 is 0 Å². The van der Waals surface area contributed by atoms with Crippen molar-refractivity contribution in [3.63, 3.8) is 0 Å². The summed E-state index contributed by atoms with van der Waals surface area (Å²) in [5.74, 6) is 0. The minimum absolute atomic E-state index is 0.437. The van der Waals surface area contributed by atoms with Gasteiger partial charge < -0.3 is 5.73 Å². The van der Waals surface area contributed by atoms with Crippen molar-refractivity contribution < 1.29 is 0 Å². The summed E-state index contributed by atoms with van der Waals surface area (Å²) < 4.78 is 0. The standard InChI is InChI=1S/C12H9ClN2S/c13-11-5-8(1-2-9(11)6-14)12-4-3-10(7-15)16-12/h1-5H,6,14H2. The van der Waals surface area contributed by atoms with Gasteiger partial charge in [0.1, 0.15) is 10.9 Å². The second-order valence-electron chi connectivity index (χ2n) is 3.29. The predicted octanol–water partition coefficient (Wildman–Crippen LogP) is 3.40. The fourth-order valence-electron chi connectivity index (χ4n) is 1.42. The monoisotopic (exact) mass is 248 g/mol. The van der Waals surface area contributed by atoms with Crippen molar-refractivity contribution in [2.45, 2.75) is 6.54 Å². The van der Waals surface area contributed by atoms with Crippen molar-refractivity contribution in [3.05, 3.63) is 45.8 Å². The smallest absolute Gasteiger partial charge is 0.110 e. The average molecular weight is 249 g/mol. The lowest BCUT2D eigenvalue weighted by atomic mass is 10.1. The van der Waals surface area contributed by atoms with Crippen LogP contribution in [0.3, 0.4) is 0 Å². The molecular weight excluding hydrogens is 240 g/mol. The highest BCUT2D eigenvalue weighted by atomic mass is 35.5. The van der Waals surface area contributed by atoms with Crippen molar-refractivity contribution in [1.82, 2.24) is 0 Å². The van der Waals surface area contributed by atoms with Crippen LogP contribution in [0.25, 0.3) is 10.4 Å². The Morgan fingerprint density at radius 1 is 1.31 bits per heavy atom. The van der Waals surface area contributed by atoms with Crippen molar-refractivity contribution in [1.29, 1.82) is 5.26 Å². The average Bonchev–Trinajstić information content (AvgIpc) is 2.77. The molecular formula is C12H9ClN2S. The highest BCUT2D eigenvalue weighted by Crippen LogP contribution is 2.30. The van der Waals surface area contributed by atoms with Gasteiger partial charge in [-0.05, 0) is 29.3 Å². The molecule has 0 aliphatic rings. The molecule has 2 N–H and O–H groups in total. The van der Waals surface area contributed by atoms with Crippen LogP contribution in [0.1, 0.15) is 10.4 Å². The number of benzene rings is 1. The van der Waals surface area contributed by atoms with Gasteiger partial charge in [-0.15, -0.1) is 11.3 Å². The van der Waals surface area contributed by atoms with E-state index in [0.29, 0.717) is 16.4 Å². The van der Waals surface area contributed by atoms with Crippen molar-refractivity contribution in [2.24, 2.45) is 5.73 Å². The van der Waals surface area contributed by atoms with Crippen LogP contribution in [0.2, 0.25) is 5.02 Å². The Morgan fingerprint density at radius 3 is 2.69 bits per heavy atom. The maximum Gasteiger partial charge on any atom is 0.110 e. The Labute approximate surface area is 103 Å². The largest absolute Gasteiger partial charge is 0.326 e. The Balaban J connectivity index is 2.42. The van der Waals surface area contributed by atoms with Crippen LogP contribution in [-0.4, -0.2) is 0 Å². The first kappa shape index (κ1) is 11.2. The quantitative estimate of drug-likeness (QED) is 0.886. The molecule has 0 unspecified atom stereocenters. The van der Waals surface area contributed by atoms with Gasteiger partial charge in [0.05, 0.1) is 0 Å². The normalized spacial score (nSPS) is 10.1. The zero-order valence-electron chi connectivity index (χ0n) is 8.40. The summed E-state index contributed by atoms with van der Waals surface area (Å²) in [7, 11) is 0. The zero-order valence-corrected chi connectivity index (χ0v) is 9.98. The number of hydrogen-bond donors (Lipinski definition) is 1. The molecule has 0 saturated heterocycles. The molecule has 80 valence electrons. The fourth-order valence-corrected chi connectivity index (χ4v) is 2.48. The van der Waals surface area contributed by atoms with E-state index in [-0.39, 0.29) is 0 Å². The van der Waals surface area contributed by atoms with E-state index in [0.717, 1.165) is 16.0 Å². The number of nitriles is 1. The topological polar surface area (TPSA) is 49.8 Å². The lowest BCUT2D eigenvalue weighted by molar-refractivity contribution is 1.07. The SMILES string of the molecule is N#Cc1ccc(-c2ccc(CN)c(Cl)c2)s1. The molecule has 1 aromatic heterocycles. The summed E-state index contributed by atoms with van der Waals surface area (Å²) in [5, 5.41) is 9.43. The summed E-state index contributed by atoms with van der Waals surface area (Å²) in [6, 6.07) is 11.6. The molecule has 2 aromatic rings. The van der Waals surface area contributed by atoms with Crippen LogP contribution >= 0.6 is 22.9 Å². The molecule has 0 amide bonds. The highest BCUT2D eigenvalue weighted by molar-refractivity contribution is 7.16. The zero-order chi connectivity index (χ0) is 11.5. The van der Waals surface area contributed by atoms with Gasteiger partial charge in [0.15, 0.2) is 0 Å². The van der Waals surface area contributed by atoms with Crippen molar-refractivity contribution >= 4 is 22.9 Å². The van der Waals surface area contributed by atoms with Crippen molar-refractivity contribution in [2.75, 3.05) is 0 Å². The summed E-state index contributed by atoms with van der Waals surface area (Å²) >= 11 is 7.54. The van der Waals surface area contributed by atoms with E-state index in [9.17, 15) is 0 Å². The van der Waals surface area contributed by atoms with E-state index in [2.05, 4.69) is 6.07 Å². The number of hydrogen-bond acceptors (Lipinski definition) is 3. The van der Waals surface area contributed by atoms with E-state index in [1.165, 1.54) is 11.3 Å². The van der Waals surface area contributed by atoms with Gasteiger partial charge in [-0.3, -0.25) is 0 Å². The summed E-state index contributed by atoms with van der Waals surface area (Å²) in [6.07, 6.45) is 0. The molecule has 16 heavy (non-hydrogen) atoms. The molecule has 0 saturated carbocycles. The summed E-state index contributed by atoms with van der Waals surface area (Å²) in [6.45, 7) is 0.437. The molecule has 0 atom stereocenters. The second-order valence-corrected chi connectivity index (χ2v) is 4.78. The number of thiophene rings is 1. The predicted molar refractivity (Wildman–Crippen MR) is 67.4 cm³/mol. The van der Waals surface area contributed by atoms with Crippen LogP contribution in [0.4, 0.5) is 0 Å². The molecule has 0 bridgehead atoms. The van der Waals surface area contributed by atoms with Gasteiger partial charge in [-0.1, -0.05) is 23.7 Å². The number of halogens is 1. The third-order valence-electron chi connectivity index (χ3n) is 2.27. The Morgan fingerprint density at radius 2 is 2.12 bits per heavy atom. The van der Waals surface area contributed by atoms with Gasteiger partial charge in [0.2, 0.25) is 0 Å². The highest BCUT2D eigenvalue weighted by Gasteiger charge is 2.05.